The van der Waals surface area contributed by atoms with Gasteiger partial charge in [0.25, 0.3) is 5.56 Å². The van der Waals surface area contributed by atoms with Crippen LogP contribution in [0.3, 0.4) is 0 Å². The Morgan fingerprint density at radius 1 is 1.20 bits per heavy atom. The lowest BCUT2D eigenvalue weighted by Crippen LogP contribution is -2.33. The van der Waals surface area contributed by atoms with Crippen LogP contribution in [0.5, 0.6) is 5.75 Å². The van der Waals surface area contributed by atoms with E-state index in [-0.39, 0.29) is 36.2 Å². The van der Waals surface area contributed by atoms with Crippen LogP contribution in [-0.2, 0) is 22.9 Å². The molecule has 1 fully saturated rings. The summed E-state index contributed by atoms with van der Waals surface area (Å²) in [6, 6.07) is 13.3. The van der Waals surface area contributed by atoms with E-state index in [2.05, 4.69) is 5.32 Å². The van der Waals surface area contributed by atoms with E-state index < -0.39 is 15.7 Å². The molecule has 8 heteroatoms. The average Bonchev–Trinajstić information content (AvgIpc) is 3.08. The molecule has 3 aromatic rings. The number of hydrogen-bond acceptors (Lipinski definition) is 5. The first-order chi connectivity index (χ1) is 14.3. The molecule has 1 atom stereocenters. The summed E-state index contributed by atoms with van der Waals surface area (Å²) in [7, 11) is -1.43. The van der Waals surface area contributed by atoms with Gasteiger partial charge < -0.3 is 14.6 Å². The van der Waals surface area contributed by atoms with Crippen LogP contribution in [0.2, 0.25) is 0 Å². The maximum absolute atomic E-state index is 13.9. The van der Waals surface area contributed by atoms with Crippen molar-refractivity contribution in [3.05, 3.63) is 75.8 Å². The first-order valence-electron chi connectivity index (χ1n) is 9.73. The number of aromatic nitrogens is 1. The Kier molecular flexibility index (Phi) is 5.62. The summed E-state index contributed by atoms with van der Waals surface area (Å²) in [6.45, 7) is 0.520. The Hall–Kier alpha value is -2.71. The summed E-state index contributed by atoms with van der Waals surface area (Å²) in [5.74, 6) is 0.519. The fourth-order valence-electron chi connectivity index (χ4n) is 3.85. The molecule has 0 radical (unpaired) electrons. The van der Waals surface area contributed by atoms with Crippen molar-refractivity contribution < 1.29 is 17.5 Å². The predicted molar refractivity (Wildman–Crippen MR) is 114 cm³/mol. The van der Waals surface area contributed by atoms with Gasteiger partial charge in [-0.3, -0.25) is 4.79 Å². The summed E-state index contributed by atoms with van der Waals surface area (Å²) in [5, 5.41) is 3.94. The van der Waals surface area contributed by atoms with Crippen LogP contribution >= 0.6 is 0 Å². The van der Waals surface area contributed by atoms with E-state index in [1.807, 2.05) is 24.3 Å². The zero-order valence-corrected chi connectivity index (χ0v) is 17.4. The second kappa shape index (κ2) is 8.20. The summed E-state index contributed by atoms with van der Waals surface area (Å²) >= 11 is 0. The third kappa shape index (κ3) is 4.39. The van der Waals surface area contributed by atoms with E-state index in [0.29, 0.717) is 23.3 Å². The number of halogens is 1. The lowest BCUT2D eigenvalue weighted by molar-refractivity contribution is 0.414. The molecule has 158 valence electrons. The van der Waals surface area contributed by atoms with Gasteiger partial charge >= 0.3 is 0 Å². The number of rotatable bonds is 6. The lowest BCUT2D eigenvalue weighted by atomic mass is 10.1. The molecule has 0 saturated carbocycles. The Bertz CT molecular complexity index is 1250. The molecule has 2 heterocycles. The fraction of sp³-hybridized carbons (Fsp3) is 0.318. The molecular formula is C22H23FN2O4S. The van der Waals surface area contributed by atoms with Crippen LogP contribution in [0.15, 0.2) is 53.3 Å². The molecule has 1 aliphatic heterocycles. The molecule has 1 aliphatic rings. The van der Waals surface area contributed by atoms with Gasteiger partial charge in [0.15, 0.2) is 9.84 Å². The van der Waals surface area contributed by atoms with Crippen molar-refractivity contribution >= 4 is 20.7 Å². The van der Waals surface area contributed by atoms with E-state index in [0.717, 1.165) is 10.9 Å². The van der Waals surface area contributed by atoms with Gasteiger partial charge in [-0.15, -0.1) is 0 Å². The predicted octanol–water partition coefficient (Wildman–Crippen LogP) is 2.47. The van der Waals surface area contributed by atoms with Crippen molar-refractivity contribution in [3.63, 3.8) is 0 Å². The number of methoxy groups -OCH3 is 1. The molecule has 30 heavy (non-hydrogen) atoms. The molecule has 6 nitrogen and oxygen atoms in total. The van der Waals surface area contributed by atoms with Crippen molar-refractivity contribution in [1.29, 1.82) is 0 Å². The molecule has 0 bridgehead atoms. The maximum atomic E-state index is 13.9. The van der Waals surface area contributed by atoms with Crippen molar-refractivity contribution in [2.45, 2.75) is 25.6 Å². The monoisotopic (exact) mass is 430 g/mol. The molecular weight excluding hydrogens is 407 g/mol. The van der Waals surface area contributed by atoms with Gasteiger partial charge in [0.2, 0.25) is 0 Å². The minimum atomic E-state index is -3.00. The molecule has 4 rings (SSSR count). The van der Waals surface area contributed by atoms with E-state index in [4.69, 9.17) is 4.74 Å². The van der Waals surface area contributed by atoms with E-state index in [1.54, 1.807) is 23.8 Å². The number of fused-ring (bicyclic) bond motifs is 1. The van der Waals surface area contributed by atoms with Gasteiger partial charge in [-0.2, -0.15) is 0 Å². The normalized spacial score (nSPS) is 18.0. The quantitative estimate of drug-likeness (QED) is 0.650. The highest BCUT2D eigenvalue weighted by atomic mass is 32.2. The number of nitrogens with one attached hydrogen (secondary N) is 1. The van der Waals surface area contributed by atoms with E-state index >= 15 is 0 Å². The van der Waals surface area contributed by atoms with Gasteiger partial charge in [-0.1, -0.05) is 12.1 Å². The van der Waals surface area contributed by atoms with Gasteiger partial charge in [0.1, 0.15) is 11.6 Å². The molecule has 1 aromatic heterocycles. The molecule has 0 amide bonds. The molecule has 0 unspecified atom stereocenters. The highest BCUT2D eigenvalue weighted by Crippen LogP contribution is 2.19. The molecule has 0 spiro atoms. The van der Waals surface area contributed by atoms with Gasteiger partial charge in [-0.25, -0.2) is 12.8 Å². The van der Waals surface area contributed by atoms with Crippen molar-refractivity contribution in [3.8, 4) is 5.75 Å². The second-order valence-corrected chi connectivity index (χ2v) is 9.83. The minimum absolute atomic E-state index is 0.0871. The van der Waals surface area contributed by atoms with E-state index in [9.17, 15) is 17.6 Å². The summed E-state index contributed by atoms with van der Waals surface area (Å²) < 4.78 is 44.1. The number of hydrogen-bond donors (Lipinski definition) is 1. The topological polar surface area (TPSA) is 77.4 Å². The zero-order chi connectivity index (χ0) is 21.3. The molecule has 2 aromatic carbocycles. The summed E-state index contributed by atoms with van der Waals surface area (Å²) in [4.78, 5) is 13.2. The Morgan fingerprint density at radius 3 is 2.77 bits per heavy atom. The smallest absolute Gasteiger partial charge is 0.255 e. The van der Waals surface area contributed by atoms with Crippen molar-refractivity contribution in [2.75, 3.05) is 18.6 Å². The second-order valence-electron chi connectivity index (χ2n) is 7.60. The molecule has 1 saturated heterocycles. The zero-order valence-electron chi connectivity index (χ0n) is 16.6. The van der Waals surface area contributed by atoms with Gasteiger partial charge in [-0.05, 0) is 53.8 Å². The lowest BCUT2D eigenvalue weighted by Gasteiger charge is -2.16. The Morgan fingerprint density at radius 2 is 2.03 bits per heavy atom. The van der Waals surface area contributed by atoms with Crippen molar-refractivity contribution in [1.82, 2.24) is 9.88 Å². The Labute approximate surface area is 174 Å². The summed E-state index contributed by atoms with van der Waals surface area (Å²) in [5.41, 5.74) is 1.65. The fourth-order valence-corrected chi connectivity index (χ4v) is 5.56. The number of nitrogens with zero attached hydrogens (tertiary/aromatic N) is 1. The number of pyridine rings is 1. The van der Waals surface area contributed by atoms with Crippen molar-refractivity contribution in [2.24, 2.45) is 0 Å². The van der Waals surface area contributed by atoms with Crippen LogP contribution in [-0.4, -0.2) is 37.6 Å². The van der Waals surface area contributed by atoms with Crippen LogP contribution < -0.4 is 15.6 Å². The minimum Gasteiger partial charge on any atom is -0.497 e. The number of benzene rings is 2. The highest BCUT2D eigenvalue weighted by molar-refractivity contribution is 7.91. The van der Waals surface area contributed by atoms with Crippen LogP contribution in [0.4, 0.5) is 4.39 Å². The van der Waals surface area contributed by atoms with Gasteiger partial charge in [0, 0.05) is 18.2 Å². The van der Waals surface area contributed by atoms with Crippen LogP contribution in [0.25, 0.3) is 10.9 Å². The Balaban J connectivity index is 1.70. The van der Waals surface area contributed by atoms with E-state index in [1.165, 1.54) is 12.1 Å². The first kappa shape index (κ1) is 20.6. The summed E-state index contributed by atoms with van der Waals surface area (Å²) in [6.07, 6.45) is 0.541. The SMILES string of the molecule is COc1cccc(Cn2c(=O)c(CN[C@@H]3CCS(=O)(=O)C3)cc3ccc(F)cc32)c1. The van der Waals surface area contributed by atoms with Crippen LogP contribution in [0.1, 0.15) is 17.5 Å². The number of sulfone groups is 1. The molecule has 0 aliphatic carbocycles. The first-order valence-corrected chi connectivity index (χ1v) is 11.6. The standard InChI is InChI=1S/C22H23FN2O4S/c1-29-20-4-2-3-15(9-20)13-25-21-11-18(23)6-5-16(21)10-17(22(25)26)12-24-19-7-8-30(27,28)14-19/h2-6,9-11,19,24H,7-8,12-14H2,1H3/t19-/m1/s1. The average molecular weight is 431 g/mol. The largest absolute Gasteiger partial charge is 0.497 e. The molecule has 1 N–H and O–H groups in total. The highest BCUT2D eigenvalue weighted by Gasteiger charge is 2.27. The number of ether oxygens (including phenoxy) is 1. The maximum Gasteiger partial charge on any atom is 0.255 e. The van der Waals surface area contributed by atoms with Gasteiger partial charge in [0.05, 0.1) is 30.7 Å². The van der Waals surface area contributed by atoms with Crippen LogP contribution in [0, 0.1) is 5.82 Å². The third-order valence-corrected chi connectivity index (χ3v) is 7.19. The third-order valence-electron chi connectivity index (χ3n) is 5.42.